The van der Waals surface area contributed by atoms with Crippen LogP contribution in [0.25, 0.3) is 0 Å². The van der Waals surface area contributed by atoms with Crippen molar-refractivity contribution >= 4 is 10.0 Å². The monoisotopic (exact) mass is 298 g/mol. The minimum Gasteiger partial charge on any atom is -0.508 e. The van der Waals surface area contributed by atoms with Crippen LogP contribution in [0.5, 0.6) is 5.75 Å². The normalized spacial score (nSPS) is 18.6. The molecule has 0 amide bonds. The van der Waals surface area contributed by atoms with Crippen molar-refractivity contribution in [3.05, 3.63) is 24.3 Å². The molecule has 20 heavy (non-hydrogen) atoms. The van der Waals surface area contributed by atoms with Gasteiger partial charge in [-0.05, 0) is 51.1 Å². The van der Waals surface area contributed by atoms with E-state index in [0.29, 0.717) is 19.0 Å². The van der Waals surface area contributed by atoms with E-state index in [2.05, 4.69) is 4.90 Å². The Hall–Kier alpha value is -1.11. The van der Waals surface area contributed by atoms with Crippen LogP contribution in [-0.4, -0.2) is 56.5 Å². The Kier molecular flexibility index (Phi) is 4.67. The van der Waals surface area contributed by atoms with Gasteiger partial charge in [0.15, 0.2) is 0 Å². The summed E-state index contributed by atoms with van der Waals surface area (Å²) in [5, 5.41) is 9.43. The Morgan fingerprint density at radius 3 is 2.50 bits per heavy atom. The second-order valence-electron chi connectivity index (χ2n) is 5.61. The van der Waals surface area contributed by atoms with Gasteiger partial charge in [0.25, 0.3) is 0 Å². The number of benzene rings is 1. The standard InChI is InChI=1S/C14H22N2O3S/c1-15(2)11-12-6-8-16(9-7-12)20(18,19)14-5-3-4-13(17)10-14/h3-5,10,12,17H,6-9,11H2,1-2H3. The predicted octanol–water partition coefficient (Wildman–Crippen LogP) is 1.35. The maximum absolute atomic E-state index is 12.5. The number of sulfonamides is 1. The Morgan fingerprint density at radius 2 is 1.95 bits per heavy atom. The molecule has 0 aromatic heterocycles. The molecule has 6 heteroatoms. The summed E-state index contributed by atoms with van der Waals surface area (Å²) >= 11 is 0. The zero-order chi connectivity index (χ0) is 14.8. The molecule has 1 aliphatic heterocycles. The lowest BCUT2D eigenvalue weighted by Gasteiger charge is -2.32. The first-order valence-electron chi connectivity index (χ1n) is 6.83. The molecule has 0 unspecified atom stereocenters. The van der Waals surface area contributed by atoms with Gasteiger partial charge in [-0.25, -0.2) is 8.42 Å². The van der Waals surface area contributed by atoms with Gasteiger partial charge in [0.05, 0.1) is 4.90 Å². The second kappa shape index (κ2) is 6.11. The smallest absolute Gasteiger partial charge is 0.243 e. The van der Waals surface area contributed by atoms with E-state index < -0.39 is 10.0 Å². The third kappa shape index (κ3) is 3.50. The molecule has 0 bridgehead atoms. The highest BCUT2D eigenvalue weighted by Gasteiger charge is 2.29. The first-order valence-corrected chi connectivity index (χ1v) is 8.27. The fourth-order valence-corrected chi connectivity index (χ4v) is 4.15. The van der Waals surface area contributed by atoms with Crippen LogP contribution in [-0.2, 0) is 10.0 Å². The molecule has 0 aliphatic carbocycles. The molecule has 0 radical (unpaired) electrons. The van der Waals surface area contributed by atoms with Gasteiger partial charge >= 0.3 is 0 Å². The van der Waals surface area contributed by atoms with Crippen LogP contribution < -0.4 is 0 Å². The SMILES string of the molecule is CN(C)CC1CCN(S(=O)(=O)c2cccc(O)c2)CC1. The lowest BCUT2D eigenvalue weighted by atomic mass is 9.98. The Labute approximate surface area is 120 Å². The largest absolute Gasteiger partial charge is 0.508 e. The molecule has 1 aromatic carbocycles. The molecule has 1 aromatic rings. The molecule has 1 fully saturated rings. The van der Waals surface area contributed by atoms with E-state index in [-0.39, 0.29) is 10.6 Å². The van der Waals surface area contributed by atoms with E-state index in [9.17, 15) is 13.5 Å². The zero-order valence-corrected chi connectivity index (χ0v) is 12.8. The van der Waals surface area contributed by atoms with E-state index in [1.54, 1.807) is 6.07 Å². The van der Waals surface area contributed by atoms with Crippen LogP contribution in [0.3, 0.4) is 0 Å². The van der Waals surface area contributed by atoms with Crippen molar-refractivity contribution in [1.82, 2.24) is 9.21 Å². The van der Waals surface area contributed by atoms with E-state index in [1.807, 2.05) is 14.1 Å². The van der Waals surface area contributed by atoms with E-state index in [0.717, 1.165) is 19.4 Å². The lowest BCUT2D eigenvalue weighted by Crippen LogP contribution is -2.40. The minimum atomic E-state index is -3.48. The number of phenols is 1. The Morgan fingerprint density at radius 1 is 1.30 bits per heavy atom. The quantitative estimate of drug-likeness (QED) is 0.911. The number of nitrogens with zero attached hydrogens (tertiary/aromatic N) is 2. The summed E-state index contributed by atoms with van der Waals surface area (Å²) in [6.45, 7) is 2.10. The molecule has 0 spiro atoms. The molecule has 2 rings (SSSR count). The number of hydrogen-bond donors (Lipinski definition) is 1. The van der Waals surface area contributed by atoms with Gasteiger partial charge in [0.1, 0.15) is 5.75 Å². The van der Waals surface area contributed by atoms with Crippen LogP contribution >= 0.6 is 0 Å². The maximum atomic E-state index is 12.5. The molecule has 0 saturated carbocycles. The van der Waals surface area contributed by atoms with Crippen molar-refractivity contribution in [3.63, 3.8) is 0 Å². The first-order chi connectivity index (χ1) is 9.39. The second-order valence-corrected chi connectivity index (χ2v) is 7.54. The summed E-state index contributed by atoms with van der Waals surface area (Å²) in [6.07, 6.45) is 1.77. The topological polar surface area (TPSA) is 60.9 Å². The molecule has 5 nitrogen and oxygen atoms in total. The van der Waals surface area contributed by atoms with Crippen molar-refractivity contribution < 1.29 is 13.5 Å². The fraction of sp³-hybridized carbons (Fsp3) is 0.571. The van der Waals surface area contributed by atoms with Gasteiger partial charge < -0.3 is 10.0 Å². The van der Waals surface area contributed by atoms with Crippen molar-refractivity contribution in [3.8, 4) is 5.75 Å². The average Bonchev–Trinajstić information content (AvgIpc) is 2.38. The molecule has 112 valence electrons. The van der Waals surface area contributed by atoms with E-state index >= 15 is 0 Å². The maximum Gasteiger partial charge on any atom is 0.243 e. The summed E-state index contributed by atoms with van der Waals surface area (Å²) in [4.78, 5) is 2.31. The summed E-state index contributed by atoms with van der Waals surface area (Å²) in [5.41, 5.74) is 0. The highest BCUT2D eigenvalue weighted by atomic mass is 32.2. The van der Waals surface area contributed by atoms with E-state index in [4.69, 9.17) is 0 Å². The average molecular weight is 298 g/mol. The molecule has 1 heterocycles. The van der Waals surface area contributed by atoms with Crippen LogP contribution in [0.2, 0.25) is 0 Å². The highest BCUT2D eigenvalue weighted by Crippen LogP contribution is 2.25. The van der Waals surface area contributed by atoms with Crippen LogP contribution in [0, 0.1) is 5.92 Å². The van der Waals surface area contributed by atoms with Crippen molar-refractivity contribution in [2.75, 3.05) is 33.7 Å². The summed E-state index contributed by atoms with van der Waals surface area (Å²) in [7, 11) is 0.598. The Bertz CT molecular complexity index is 549. The predicted molar refractivity (Wildman–Crippen MR) is 78.1 cm³/mol. The minimum absolute atomic E-state index is 0.0198. The lowest BCUT2D eigenvalue weighted by molar-refractivity contribution is 0.225. The van der Waals surface area contributed by atoms with Crippen LogP contribution in [0.4, 0.5) is 0 Å². The van der Waals surface area contributed by atoms with Gasteiger partial charge in [0.2, 0.25) is 10.0 Å². The number of piperidine rings is 1. The van der Waals surface area contributed by atoms with Crippen molar-refractivity contribution in [2.45, 2.75) is 17.7 Å². The first kappa shape index (κ1) is 15.3. The van der Waals surface area contributed by atoms with Gasteiger partial charge in [-0.2, -0.15) is 4.31 Å². The molecule has 1 aliphatic rings. The van der Waals surface area contributed by atoms with Gasteiger partial charge in [0, 0.05) is 19.6 Å². The fourth-order valence-electron chi connectivity index (χ4n) is 2.64. The molecular weight excluding hydrogens is 276 g/mol. The van der Waals surface area contributed by atoms with Crippen LogP contribution in [0.15, 0.2) is 29.2 Å². The van der Waals surface area contributed by atoms with Crippen molar-refractivity contribution in [2.24, 2.45) is 5.92 Å². The molecular formula is C14H22N2O3S. The summed E-state index contributed by atoms with van der Waals surface area (Å²) in [5.74, 6) is 0.536. The number of rotatable bonds is 4. The Balaban J connectivity index is 2.06. The third-order valence-electron chi connectivity index (χ3n) is 3.65. The van der Waals surface area contributed by atoms with Crippen LogP contribution in [0.1, 0.15) is 12.8 Å². The van der Waals surface area contributed by atoms with Gasteiger partial charge in [-0.3, -0.25) is 0 Å². The van der Waals surface area contributed by atoms with Gasteiger partial charge in [-0.15, -0.1) is 0 Å². The number of phenolic OH excluding ortho intramolecular Hbond substituents is 1. The number of hydrogen-bond acceptors (Lipinski definition) is 4. The molecule has 1 N–H and O–H groups in total. The van der Waals surface area contributed by atoms with Gasteiger partial charge in [-0.1, -0.05) is 6.07 Å². The zero-order valence-electron chi connectivity index (χ0n) is 12.0. The van der Waals surface area contributed by atoms with E-state index in [1.165, 1.54) is 22.5 Å². The summed E-state index contributed by atoms with van der Waals surface area (Å²) in [6, 6.07) is 5.87. The number of aromatic hydroxyl groups is 1. The van der Waals surface area contributed by atoms with Crippen molar-refractivity contribution in [1.29, 1.82) is 0 Å². The molecule has 0 atom stereocenters. The highest BCUT2D eigenvalue weighted by molar-refractivity contribution is 7.89. The third-order valence-corrected chi connectivity index (χ3v) is 5.55. The summed E-state index contributed by atoms with van der Waals surface area (Å²) < 4.78 is 26.5. The molecule has 1 saturated heterocycles.